The van der Waals surface area contributed by atoms with E-state index in [4.69, 9.17) is 0 Å². The first-order chi connectivity index (χ1) is 6.99. The molecule has 90 valence electrons. The first-order valence-corrected chi connectivity index (χ1v) is 6.97. The molecule has 1 fully saturated rings. The Balaban J connectivity index is 2.49. The summed E-state index contributed by atoms with van der Waals surface area (Å²) >= 11 is 4.54. The number of thiol groups is 1. The van der Waals surface area contributed by atoms with E-state index < -0.39 is 0 Å². The van der Waals surface area contributed by atoms with Gasteiger partial charge in [-0.05, 0) is 43.8 Å². The van der Waals surface area contributed by atoms with Crippen LogP contribution in [0.5, 0.6) is 0 Å². The summed E-state index contributed by atoms with van der Waals surface area (Å²) in [6.45, 7) is 11.7. The van der Waals surface area contributed by atoms with Gasteiger partial charge >= 0.3 is 0 Å². The van der Waals surface area contributed by atoms with Crippen molar-refractivity contribution in [1.29, 1.82) is 0 Å². The Morgan fingerprint density at radius 3 is 2.07 bits per heavy atom. The molecule has 0 bridgehead atoms. The van der Waals surface area contributed by atoms with Crippen LogP contribution in [0.2, 0.25) is 0 Å². The highest BCUT2D eigenvalue weighted by molar-refractivity contribution is 7.80. The van der Waals surface area contributed by atoms with Crippen LogP contribution in [0.3, 0.4) is 0 Å². The zero-order chi connectivity index (χ0) is 11.5. The molecule has 0 heterocycles. The van der Waals surface area contributed by atoms with Gasteiger partial charge in [0.05, 0.1) is 0 Å². The van der Waals surface area contributed by atoms with Crippen LogP contribution in [0.4, 0.5) is 0 Å². The van der Waals surface area contributed by atoms with Gasteiger partial charge in [-0.1, -0.05) is 20.3 Å². The third-order valence-corrected chi connectivity index (χ3v) is 4.29. The molecule has 0 aromatic rings. The molecule has 0 amide bonds. The van der Waals surface area contributed by atoms with Crippen LogP contribution in [0, 0.1) is 11.3 Å². The Morgan fingerprint density at radius 1 is 1.20 bits per heavy atom. The van der Waals surface area contributed by atoms with Crippen molar-refractivity contribution in [3.05, 3.63) is 0 Å². The molecule has 0 N–H and O–H groups in total. The van der Waals surface area contributed by atoms with Crippen LogP contribution in [0.15, 0.2) is 0 Å². The van der Waals surface area contributed by atoms with E-state index in [1.807, 2.05) is 0 Å². The quantitative estimate of drug-likeness (QED) is 0.683. The van der Waals surface area contributed by atoms with E-state index in [9.17, 15) is 0 Å². The lowest BCUT2D eigenvalue weighted by Crippen LogP contribution is -2.47. The van der Waals surface area contributed by atoms with E-state index in [-0.39, 0.29) is 0 Å². The summed E-state index contributed by atoms with van der Waals surface area (Å²) in [4.78, 5) is 2.64. The van der Waals surface area contributed by atoms with Gasteiger partial charge in [0, 0.05) is 19.1 Å². The van der Waals surface area contributed by atoms with E-state index in [0.717, 1.165) is 11.7 Å². The Morgan fingerprint density at radius 2 is 1.80 bits per heavy atom. The minimum atomic E-state index is 0.544. The molecule has 0 aliphatic heterocycles. The number of rotatable bonds is 6. The predicted molar refractivity (Wildman–Crippen MR) is 71.7 cm³/mol. The van der Waals surface area contributed by atoms with Crippen LogP contribution in [0.25, 0.3) is 0 Å². The normalized spacial score (nSPS) is 20.0. The SMILES string of the molecule is CC(C)CN(CC1(CS)CCC1)C(C)C. The van der Waals surface area contributed by atoms with E-state index in [0.29, 0.717) is 11.5 Å². The fraction of sp³-hybridized carbons (Fsp3) is 1.00. The van der Waals surface area contributed by atoms with Gasteiger partial charge in [-0.15, -0.1) is 0 Å². The van der Waals surface area contributed by atoms with Crippen molar-refractivity contribution in [2.75, 3.05) is 18.8 Å². The summed E-state index contributed by atoms with van der Waals surface area (Å²) in [7, 11) is 0. The summed E-state index contributed by atoms with van der Waals surface area (Å²) < 4.78 is 0. The molecule has 1 aliphatic carbocycles. The fourth-order valence-electron chi connectivity index (χ4n) is 2.40. The lowest BCUT2D eigenvalue weighted by Gasteiger charge is -2.46. The molecule has 0 atom stereocenters. The van der Waals surface area contributed by atoms with Crippen molar-refractivity contribution in [2.24, 2.45) is 11.3 Å². The molecule has 0 aromatic carbocycles. The van der Waals surface area contributed by atoms with Gasteiger partial charge in [-0.2, -0.15) is 12.6 Å². The molecule has 15 heavy (non-hydrogen) atoms. The molecule has 0 saturated heterocycles. The lowest BCUT2D eigenvalue weighted by atomic mass is 9.69. The van der Waals surface area contributed by atoms with Crippen LogP contribution >= 0.6 is 12.6 Å². The van der Waals surface area contributed by atoms with Crippen LogP contribution < -0.4 is 0 Å². The zero-order valence-corrected chi connectivity index (χ0v) is 11.7. The molecule has 1 rings (SSSR count). The van der Waals surface area contributed by atoms with Crippen LogP contribution in [-0.4, -0.2) is 29.8 Å². The molecule has 2 heteroatoms. The maximum atomic E-state index is 4.54. The second-order valence-corrected chi connectivity index (χ2v) is 6.24. The second-order valence-electron chi connectivity index (χ2n) is 5.93. The van der Waals surface area contributed by atoms with Gasteiger partial charge in [-0.3, -0.25) is 0 Å². The van der Waals surface area contributed by atoms with Crippen LogP contribution in [0.1, 0.15) is 47.0 Å². The first-order valence-electron chi connectivity index (χ1n) is 6.34. The average Bonchev–Trinajstić information content (AvgIpc) is 2.08. The van der Waals surface area contributed by atoms with Crippen molar-refractivity contribution >= 4 is 12.6 Å². The van der Waals surface area contributed by atoms with Crippen molar-refractivity contribution in [3.63, 3.8) is 0 Å². The van der Waals surface area contributed by atoms with Gasteiger partial charge in [0.25, 0.3) is 0 Å². The fourth-order valence-corrected chi connectivity index (χ4v) is 2.82. The maximum absolute atomic E-state index is 4.54. The summed E-state index contributed by atoms with van der Waals surface area (Å²) in [6, 6.07) is 0.671. The van der Waals surface area contributed by atoms with Crippen molar-refractivity contribution in [1.82, 2.24) is 4.90 Å². The molecule has 1 aliphatic rings. The monoisotopic (exact) mass is 229 g/mol. The lowest BCUT2D eigenvalue weighted by molar-refractivity contribution is 0.0652. The van der Waals surface area contributed by atoms with Crippen molar-refractivity contribution in [2.45, 2.75) is 53.0 Å². The largest absolute Gasteiger partial charge is 0.300 e. The minimum Gasteiger partial charge on any atom is -0.300 e. The van der Waals surface area contributed by atoms with Gasteiger partial charge < -0.3 is 4.90 Å². The molecular formula is C13H27NS. The Kier molecular flexibility index (Phi) is 4.98. The third-order valence-electron chi connectivity index (χ3n) is 3.62. The second kappa shape index (κ2) is 5.58. The summed E-state index contributed by atoms with van der Waals surface area (Å²) in [5.41, 5.74) is 0.544. The van der Waals surface area contributed by atoms with Gasteiger partial charge in [-0.25, -0.2) is 0 Å². The van der Waals surface area contributed by atoms with Gasteiger partial charge in [0.2, 0.25) is 0 Å². The summed E-state index contributed by atoms with van der Waals surface area (Å²) in [6.07, 6.45) is 4.18. The zero-order valence-electron chi connectivity index (χ0n) is 10.8. The highest BCUT2D eigenvalue weighted by Crippen LogP contribution is 2.42. The molecule has 0 unspecified atom stereocenters. The Bertz CT molecular complexity index is 179. The third kappa shape index (κ3) is 3.67. The van der Waals surface area contributed by atoms with Gasteiger partial charge in [0.15, 0.2) is 0 Å². The standard InChI is InChI=1S/C13H27NS/c1-11(2)8-14(12(3)4)9-13(10-15)6-5-7-13/h11-12,15H,5-10H2,1-4H3. The minimum absolute atomic E-state index is 0.544. The molecule has 0 spiro atoms. The molecular weight excluding hydrogens is 202 g/mol. The summed E-state index contributed by atoms with van der Waals surface area (Å²) in [5.74, 6) is 1.83. The highest BCUT2D eigenvalue weighted by atomic mass is 32.1. The van der Waals surface area contributed by atoms with Crippen molar-refractivity contribution < 1.29 is 0 Å². The molecule has 1 nitrogen and oxygen atoms in total. The Hall–Kier alpha value is 0.310. The molecule has 1 saturated carbocycles. The van der Waals surface area contributed by atoms with E-state index in [1.54, 1.807) is 0 Å². The average molecular weight is 229 g/mol. The Labute approximate surface area is 101 Å². The predicted octanol–water partition coefficient (Wildman–Crippen LogP) is 3.45. The maximum Gasteiger partial charge on any atom is 0.00486 e. The van der Waals surface area contributed by atoms with Gasteiger partial charge in [0.1, 0.15) is 0 Å². The topological polar surface area (TPSA) is 3.24 Å². The van der Waals surface area contributed by atoms with E-state index in [2.05, 4.69) is 45.2 Å². The number of hydrogen-bond donors (Lipinski definition) is 1. The number of nitrogens with zero attached hydrogens (tertiary/aromatic N) is 1. The van der Waals surface area contributed by atoms with E-state index >= 15 is 0 Å². The molecule has 0 radical (unpaired) electrons. The summed E-state index contributed by atoms with van der Waals surface area (Å²) in [5, 5.41) is 0. The van der Waals surface area contributed by atoms with Crippen LogP contribution in [-0.2, 0) is 0 Å². The molecule has 0 aromatic heterocycles. The van der Waals surface area contributed by atoms with E-state index in [1.165, 1.54) is 32.4 Å². The van der Waals surface area contributed by atoms with Crippen molar-refractivity contribution in [3.8, 4) is 0 Å². The smallest absolute Gasteiger partial charge is 0.00486 e. The number of hydrogen-bond acceptors (Lipinski definition) is 2. The highest BCUT2D eigenvalue weighted by Gasteiger charge is 2.37. The first kappa shape index (κ1) is 13.4.